The van der Waals surface area contributed by atoms with Gasteiger partial charge in [-0.1, -0.05) is 6.54 Å². The summed E-state index contributed by atoms with van der Waals surface area (Å²) in [5.74, 6) is 0.339. The SMILES string of the molecule is Cc1cc(C[NH2+]CC[N-]S(C)(=O)=O)cc(C)c1O. The second-order valence-corrected chi connectivity index (χ2v) is 6.17. The summed E-state index contributed by atoms with van der Waals surface area (Å²) in [7, 11) is -3.22. The van der Waals surface area contributed by atoms with E-state index in [-0.39, 0.29) is 0 Å². The van der Waals surface area contributed by atoms with Crippen LogP contribution in [0.25, 0.3) is 4.72 Å². The van der Waals surface area contributed by atoms with Crippen molar-refractivity contribution >= 4 is 10.0 Å². The van der Waals surface area contributed by atoms with Gasteiger partial charge >= 0.3 is 0 Å². The number of phenols is 1. The molecule has 0 unspecified atom stereocenters. The van der Waals surface area contributed by atoms with Crippen molar-refractivity contribution in [2.75, 3.05) is 19.3 Å². The Hall–Kier alpha value is -1.11. The van der Waals surface area contributed by atoms with Crippen LogP contribution in [-0.2, 0) is 16.6 Å². The van der Waals surface area contributed by atoms with Crippen LogP contribution in [-0.4, -0.2) is 32.9 Å². The molecular weight excluding hydrogens is 252 g/mol. The van der Waals surface area contributed by atoms with Gasteiger partial charge in [0.25, 0.3) is 0 Å². The van der Waals surface area contributed by atoms with Gasteiger partial charge in [0.1, 0.15) is 12.3 Å². The van der Waals surface area contributed by atoms with Crippen molar-refractivity contribution in [3.63, 3.8) is 0 Å². The number of nitrogens with zero attached hydrogens (tertiary/aromatic N) is 1. The highest BCUT2D eigenvalue weighted by Crippen LogP contribution is 2.22. The number of aromatic hydroxyl groups is 1. The van der Waals surface area contributed by atoms with Crippen LogP contribution in [0, 0.1) is 13.8 Å². The Morgan fingerprint density at radius 3 is 2.33 bits per heavy atom. The lowest BCUT2D eigenvalue weighted by atomic mass is 10.1. The molecule has 6 heteroatoms. The van der Waals surface area contributed by atoms with Crippen LogP contribution in [0.1, 0.15) is 16.7 Å². The third kappa shape index (κ3) is 5.03. The molecule has 0 atom stereocenters. The molecule has 102 valence electrons. The molecule has 0 saturated carbocycles. The maximum absolute atomic E-state index is 10.8. The summed E-state index contributed by atoms with van der Waals surface area (Å²) in [5.41, 5.74) is 2.83. The van der Waals surface area contributed by atoms with Gasteiger partial charge < -0.3 is 15.1 Å². The third-order valence-electron chi connectivity index (χ3n) is 2.59. The molecule has 0 aliphatic carbocycles. The van der Waals surface area contributed by atoms with E-state index >= 15 is 0 Å². The van der Waals surface area contributed by atoms with E-state index in [1.165, 1.54) is 0 Å². The summed E-state index contributed by atoms with van der Waals surface area (Å²) in [6, 6.07) is 3.87. The Bertz CT molecular complexity index is 489. The first-order valence-corrected chi connectivity index (χ1v) is 7.64. The number of hydrogen-bond donors (Lipinski definition) is 2. The second kappa shape index (κ2) is 6.17. The topological polar surface area (TPSA) is 85.1 Å². The molecular formula is C12H20N2O3S. The number of hydrogen-bond acceptors (Lipinski definition) is 3. The minimum Gasteiger partial charge on any atom is -0.545 e. The number of nitrogens with two attached hydrogens (primary N) is 1. The molecule has 3 N–H and O–H groups in total. The minimum atomic E-state index is -3.22. The summed E-state index contributed by atoms with van der Waals surface area (Å²) in [6.07, 6.45) is 1.10. The molecule has 18 heavy (non-hydrogen) atoms. The van der Waals surface area contributed by atoms with Crippen molar-refractivity contribution in [2.45, 2.75) is 20.4 Å². The smallest absolute Gasteiger partial charge is 0.121 e. The fourth-order valence-corrected chi connectivity index (χ4v) is 2.18. The van der Waals surface area contributed by atoms with E-state index in [1.54, 1.807) is 0 Å². The van der Waals surface area contributed by atoms with E-state index in [1.807, 2.05) is 31.3 Å². The van der Waals surface area contributed by atoms with Gasteiger partial charge in [-0.15, -0.1) is 0 Å². The zero-order valence-electron chi connectivity index (χ0n) is 11.0. The summed E-state index contributed by atoms with van der Waals surface area (Å²) < 4.78 is 25.1. The molecule has 5 nitrogen and oxygen atoms in total. The number of rotatable bonds is 6. The van der Waals surface area contributed by atoms with Crippen LogP contribution in [0.15, 0.2) is 12.1 Å². The van der Waals surface area contributed by atoms with Gasteiger partial charge in [-0.2, -0.15) is 0 Å². The minimum absolute atomic E-state index is 0.300. The first-order chi connectivity index (χ1) is 8.29. The fraction of sp³-hybridized carbons (Fsp3) is 0.500. The average molecular weight is 272 g/mol. The number of sulfonamides is 1. The highest BCUT2D eigenvalue weighted by Gasteiger charge is 2.03. The molecule has 0 heterocycles. The predicted molar refractivity (Wildman–Crippen MR) is 71.1 cm³/mol. The highest BCUT2D eigenvalue weighted by molar-refractivity contribution is 7.93. The van der Waals surface area contributed by atoms with Gasteiger partial charge in [-0.05, 0) is 37.1 Å². The lowest BCUT2D eigenvalue weighted by molar-refractivity contribution is -0.667. The summed E-state index contributed by atoms with van der Waals surface area (Å²) in [4.78, 5) is 0. The van der Waals surface area contributed by atoms with Gasteiger partial charge in [0.2, 0.25) is 0 Å². The fourth-order valence-electron chi connectivity index (χ4n) is 1.74. The summed E-state index contributed by atoms with van der Waals surface area (Å²) in [5, 5.41) is 11.6. The van der Waals surface area contributed by atoms with Gasteiger partial charge in [0.05, 0.1) is 16.6 Å². The monoisotopic (exact) mass is 272 g/mol. The highest BCUT2D eigenvalue weighted by atomic mass is 32.2. The molecule has 0 aliphatic rings. The predicted octanol–water partition coefficient (Wildman–Crippen LogP) is 0.406. The van der Waals surface area contributed by atoms with E-state index in [0.717, 1.165) is 29.5 Å². The molecule has 0 aromatic heterocycles. The van der Waals surface area contributed by atoms with Gasteiger partial charge in [-0.25, -0.2) is 8.42 Å². The Labute approximate surface area is 108 Å². The molecule has 0 aliphatic heterocycles. The van der Waals surface area contributed by atoms with Crippen molar-refractivity contribution < 1.29 is 18.8 Å². The van der Waals surface area contributed by atoms with Crippen molar-refractivity contribution in [2.24, 2.45) is 0 Å². The number of benzene rings is 1. The molecule has 0 radical (unpaired) electrons. The number of quaternary nitrogens is 1. The van der Waals surface area contributed by atoms with E-state index in [2.05, 4.69) is 4.72 Å². The largest absolute Gasteiger partial charge is 0.545 e. The van der Waals surface area contributed by atoms with Crippen LogP contribution in [0.5, 0.6) is 5.75 Å². The number of phenolic OH excluding ortho intramolecular Hbond substituents is 1. The molecule has 1 aromatic rings. The lowest BCUT2D eigenvalue weighted by Gasteiger charge is -2.14. The Kier molecular flexibility index (Phi) is 5.13. The van der Waals surface area contributed by atoms with E-state index in [0.29, 0.717) is 18.8 Å². The molecule has 0 saturated heterocycles. The zero-order valence-corrected chi connectivity index (χ0v) is 11.8. The van der Waals surface area contributed by atoms with Gasteiger partial charge in [-0.3, -0.25) is 0 Å². The van der Waals surface area contributed by atoms with Gasteiger partial charge in [0, 0.05) is 11.8 Å². The van der Waals surface area contributed by atoms with Crippen LogP contribution >= 0.6 is 0 Å². The van der Waals surface area contributed by atoms with Crippen molar-refractivity contribution in [3.8, 4) is 5.75 Å². The number of aryl methyl sites for hydroxylation is 2. The molecule has 1 aromatic carbocycles. The van der Waals surface area contributed by atoms with Crippen molar-refractivity contribution in [1.82, 2.24) is 0 Å². The summed E-state index contributed by atoms with van der Waals surface area (Å²) >= 11 is 0. The van der Waals surface area contributed by atoms with E-state index in [4.69, 9.17) is 0 Å². The normalized spacial score (nSPS) is 11.7. The van der Waals surface area contributed by atoms with Gasteiger partial charge in [0.15, 0.2) is 0 Å². The average Bonchev–Trinajstić information content (AvgIpc) is 2.23. The van der Waals surface area contributed by atoms with Crippen LogP contribution in [0.4, 0.5) is 0 Å². The van der Waals surface area contributed by atoms with E-state index < -0.39 is 10.0 Å². The first-order valence-electron chi connectivity index (χ1n) is 5.79. The molecule has 0 amide bonds. The quantitative estimate of drug-likeness (QED) is 0.735. The van der Waals surface area contributed by atoms with Crippen LogP contribution in [0.2, 0.25) is 0 Å². The standard InChI is InChI=1S/C12H19N2O3S/c1-9-6-11(7-10(2)12(9)15)8-13-4-5-14-18(3,16)17/h6-7,13,15H,4-5,8H2,1-3H3/q-1/p+1. The maximum atomic E-state index is 10.8. The molecule has 0 bridgehead atoms. The van der Waals surface area contributed by atoms with Crippen molar-refractivity contribution in [3.05, 3.63) is 33.5 Å². The van der Waals surface area contributed by atoms with Crippen LogP contribution < -0.4 is 5.32 Å². The van der Waals surface area contributed by atoms with E-state index in [9.17, 15) is 13.5 Å². The Balaban J connectivity index is 2.41. The first kappa shape index (κ1) is 14.9. The lowest BCUT2D eigenvalue weighted by Crippen LogP contribution is -2.83. The maximum Gasteiger partial charge on any atom is 0.121 e. The second-order valence-electron chi connectivity index (χ2n) is 4.45. The third-order valence-corrected chi connectivity index (χ3v) is 3.24. The van der Waals surface area contributed by atoms with Crippen molar-refractivity contribution in [1.29, 1.82) is 0 Å². The Morgan fingerprint density at radius 2 is 1.83 bits per heavy atom. The molecule has 1 rings (SSSR count). The molecule has 0 spiro atoms. The Morgan fingerprint density at radius 1 is 1.28 bits per heavy atom. The zero-order chi connectivity index (χ0) is 13.8. The molecule has 0 fully saturated rings. The van der Waals surface area contributed by atoms with Crippen LogP contribution in [0.3, 0.4) is 0 Å². The summed E-state index contributed by atoms with van der Waals surface area (Å²) in [6.45, 7) is 5.41.